The fourth-order valence-corrected chi connectivity index (χ4v) is 5.01. The van der Waals surface area contributed by atoms with Gasteiger partial charge in [0.1, 0.15) is 24.4 Å². The Labute approximate surface area is 135 Å². The maximum absolute atomic E-state index is 10.6. The zero-order valence-corrected chi connectivity index (χ0v) is 13.6. The van der Waals surface area contributed by atoms with Crippen LogP contribution in [0.3, 0.4) is 0 Å². The van der Waals surface area contributed by atoms with Gasteiger partial charge in [-0.1, -0.05) is 13.8 Å². The highest BCUT2D eigenvalue weighted by molar-refractivity contribution is 5.14. The average Bonchev–Trinajstić information content (AvgIpc) is 2.48. The standard InChI is InChI=1S/C15H28N2O6/c1-14-4-16-6-15(2,13(14)23)7-17(5-14)12(16)11(22)10(21)9(20)8(19)3-18/h8-13,18-23H,3-7H2,1-2H3/t8-,9+,10+,11+,12?,13?,14?,15?/m0/s1. The Bertz CT molecular complexity index is 425. The van der Waals surface area contributed by atoms with Gasteiger partial charge in [0, 0.05) is 37.0 Å². The second kappa shape index (κ2) is 5.60. The van der Waals surface area contributed by atoms with Gasteiger partial charge < -0.3 is 30.6 Å². The predicted molar refractivity (Wildman–Crippen MR) is 80.3 cm³/mol. The monoisotopic (exact) mass is 332 g/mol. The second-order valence-electron chi connectivity index (χ2n) is 8.16. The van der Waals surface area contributed by atoms with Crippen LogP contribution in [0.2, 0.25) is 0 Å². The van der Waals surface area contributed by atoms with Crippen molar-refractivity contribution in [3.8, 4) is 0 Å². The fourth-order valence-electron chi connectivity index (χ4n) is 5.01. The SMILES string of the molecule is CC12CN3CC(C)(CN(C1)C3[C@H](O)[C@H](O)[C@H](O)[C@@H](O)CO)C2O. The Morgan fingerprint density at radius 3 is 1.74 bits per heavy atom. The summed E-state index contributed by atoms with van der Waals surface area (Å²) in [6, 6.07) is 0. The summed E-state index contributed by atoms with van der Waals surface area (Å²) in [6.45, 7) is 5.78. The predicted octanol–water partition coefficient (Wildman–Crippen LogP) is -3.23. The molecular formula is C15H28N2O6. The van der Waals surface area contributed by atoms with E-state index in [0.29, 0.717) is 26.2 Å². The molecule has 0 aromatic carbocycles. The molecule has 0 saturated carbocycles. The molecule has 8 nitrogen and oxygen atoms in total. The number of aliphatic hydroxyl groups excluding tert-OH is 6. The third kappa shape index (κ3) is 2.52. The molecule has 0 radical (unpaired) electrons. The van der Waals surface area contributed by atoms with E-state index in [2.05, 4.69) is 0 Å². The summed E-state index contributed by atoms with van der Waals surface area (Å²) >= 11 is 0. The number of hydrogen-bond acceptors (Lipinski definition) is 8. The van der Waals surface area contributed by atoms with Crippen LogP contribution in [0, 0.1) is 10.8 Å². The highest BCUT2D eigenvalue weighted by Crippen LogP contribution is 2.51. The first-order valence-electron chi connectivity index (χ1n) is 8.12. The van der Waals surface area contributed by atoms with Crippen LogP contribution in [0.1, 0.15) is 13.8 Å². The van der Waals surface area contributed by atoms with Gasteiger partial charge in [-0.15, -0.1) is 0 Å². The summed E-state index contributed by atoms with van der Waals surface area (Å²) in [6.07, 6.45) is -6.85. The smallest absolute Gasteiger partial charge is 0.111 e. The molecule has 23 heavy (non-hydrogen) atoms. The normalized spacial score (nSPS) is 50.6. The van der Waals surface area contributed by atoms with Crippen LogP contribution in [-0.4, -0.2) is 110 Å². The highest BCUT2D eigenvalue weighted by atomic mass is 16.4. The van der Waals surface area contributed by atoms with Crippen LogP contribution in [0.5, 0.6) is 0 Å². The lowest BCUT2D eigenvalue weighted by Gasteiger charge is -2.68. The van der Waals surface area contributed by atoms with Gasteiger partial charge in [0.15, 0.2) is 0 Å². The van der Waals surface area contributed by atoms with Crippen LogP contribution >= 0.6 is 0 Å². The van der Waals surface area contributed by atoms with E-state index in [0.717, 1.165) is 0 Å². The lowest BCUT2D eigenvalue weighted by molar-refractivity contribution is -0.277. The zero-order chi connectivity index (χ0) is 17.2. The van der Waals surface area contributed by atoms with Crippen molar-refractivity contribution in [2.24, 2.45) is 10.8 Å². The Balaban J connectivity index is 1.78. The average molecular weight is 332 g/mol. The van der Waals surface area contributed by atoms with Gasteiger partial charge in [-0.3, -0.25) is 9.80 Å². The molecule has 134 valence electrons. The lowest BCUT2D eigenvalue weighted by Crippen LogP contribution is -2.81. The third-order valence-corrected chi connectivity index (χ3v) is 5.91. The summed E-state index contributed by atoms with van der Waals surface area (Å²) in [5.74, 6) is 0. The Morgan fingerprint density at radius 2 is 1.35 bits per heavy atom. The molecule has 0 aliphatic carbocycles. The van der Waals surface area contributed by atoms with E-state index in [1.807, 2.05) is 23.6 Å². The Kier molecular flexibility index (Phi) is 4.26. The molecule has 0 spiro atoms. The molecular weight excluding hydrogens is 304 g/mol. The minimum Gasteiger partial charge on any atom is -0.394 e. The molecule has 8 heteroatoms. The number of nitrogens with zero attached hydrogens (tertiary/aromatic N) is 2. The summed E-state index contributed by atoms with van der Waals surface area (Å²) in [4.78, 5) is 4.07. The summed E-state index contributed by atoms with van der Waals surface area (Å²) in [5.41, 5.74) is -0.564. The lowest BCUT2D eigenvalue weighted by atomic mass is 9.60. The Morgan fingerprint density at radius 1 is 0.913 bits per heavy atom. The molecule has 4 atom stereocenters. The van der Waals surface area contributed by atoms with Crippen molar-refractivity contribution in [3.05, 3.63) is 0 Å². The number of rotatable bonds is 5. The van der Waals surface area contributed by atoms with Crippen molar-refractivity contribution in [2.75, 3.05) is 32.8 Å². The number of hydrogen-bond donors (Lipinski definition) is 6. The minimum absolute atomic E-state index is 0.282. The summed E-state index contributed by atoms with van der Waals surface area (Å²) in [7, 11) is 0. The first-order valence-corrected chi connectivity index (χ1v) is 8.12. The molecule has 4 fully saturated rings. The molecule has 0 unspecified atom stereocenters. The molecule has 0 aromatic rings. The van der Waals surface area contributed by atoms with E-state index in [1.54, 1.807) is 0 Å². The van der Waals surface area contributed by atoms with Crippen molar-refractivity contribution in [3.63, 3.8) is 0 Å². The van der Waals surface area contributed by atoms with Crippen molar-refractivity contribution in [1.82, 2.24) is 9.80 Å². The maximum atomic E-state index is 10.6. The molecule has 0 amide bonds. The summed E-state index contributed by atoms with van der Waals surface area (Å²) in [5, 5.41) is 59.6. The largest absolute Gasteiger partial charge is 0.394 e. The van der Waals surface area contributed by atoms with Crippen molar-refractivity contribution in [1.29, 1.82) is 0 Å². The van der Waals surface area contributed by atoms with Gasteiger partial charge in [-0.2, -0.15) is 0 Å². The molecule has 4 aliphatic heterocycles. The van der Waals surface area contributed by atoms with Gasteiger partial charge in [0.25, 0.3) is 0 Å². The third-order valence-electron chi connectivity index (χ3n) is 5.91. The van der Waals surface area contributed by atoms with E-state index in [-0.39, 0.29) is 10.8 Å². The molecule has 4 aliphatic rings. The van der Waals surface area contributed by atoms with Crippen molar-refractivity contribution in [2.45, 2.75) is 50.5 Å². The van der Waals surface area contributed by atoms with Crippen molar-refractivity contribution >= 4 is 0 Å². The summed E-state index contributed by atoms with van der Waals surface area (Å²) < 4.78 is 0. The van der Waals surface area contributed by atoms with E-state index in [1.165, 1.54) is 0 Å². The van der Waals surface area contributed by atoms with Gasteiger partial charge in [0.2, 0.25) is 0 Å². The van der Waals surface area contributed by atoms with Crippen LogP contribution in [0.25, 0.3) is 0 Å². The number of aliphatic hydroxyl groups is 6. The van der Waals surface area contributed by atoms with E-state index < -0.39 is 43.3 Å². The number of piperidine rings is 2. The quantitative estimate of drug-likeness (QED) is 0.310. The van der Waals surface area contributed by atoms with E-state index in [9.17, 15) is 25.5 Å². The Hall–Kier alpha value is -0.320. The molecule has 4 bridgehead atoms. The van der Waals surface area contributed by atoms with Crippen LogP contribution in [-0.2, 0) is 0 Å². The molecule has 6 N–H and O–H groups in total. The zero-order valence-electron chi connectivity index (χ0n) is 13.6. The maximum Gasteiger partial charge on any atom is 0.111 e. The van der Waals surface area contributed by atoms with Crippen LogP contribution in [0.4, 0.5) is 0 Å². The first-order chi connectivity index (χ1) is 10.6. The van der Waals surface area contributed by atoms with E-state index >= 15 is 0 Å². The van der Waals surface area contributed by atoms with Crippen LogP contribution in [0.15, 0.2) is 0 Å². The van der Waals surface area contributed by atoms with Gasteiger partial charge >= 0.3 is 0 Å². The van der Waals surface area contributed by atoms with Gasteiger partial charge in [-0.25, -0.2) is 0 Å². The highest BCUT2D eigenvalue weighted by Gasteiger charge is 2.63. The first kappa shape index (κ1) is 17.5. The van der Waals surface area contributed by atoms with E-state index in [4.69, 9.17) is 5.11 Å². The topological polar surface area (TPSA) is 128 Å². The molecule has 4 saturated heterocycles. The molecule has 0 aromatic heterocycles. The van der Waals surface area contributed by atoms with Gasteiger partial charge in [0.05, 0.1) is 18.9 Å². The molecule has 4 heterocycles. The second-order valence-corrected chi connectivity index (χ2v) is 8.16. The van der Waals surface area contributed by atoms with Crippen molar-refractivity contribution < 1.29 is 30.6 Å². The fraction of sp³-hybridized carbons (Fsp3) is 1.00. The van der Waals surface area contributed by atoms with Crippen LogP contribution < -0.4 is 0 Å². The van der Waals surface area contributed by atoms with Gasteiger partial charge in [-0.05, 0) is 0 Å². The minimum atomic E-state index is -1.62. The molecule has 4 rings (SSSR count).